The van der Waals surface area contributed by atoms with Crippen molar-refractivity contribution in [1.82, 2.24) is 14.9 Å². The van der Waals surface area contributed by atoms with Crippen LogP contribution in [0.1, 0.15) is 20.4 Å². The Morgan fingerprint density at radius 2 is 1.94 bits per heavy atom. The van der Waals surface area contributed by atoms with Crippen molar-refractivity contribution < 1.29 is 14.3 Å². The maximum Gasteiger partial charge on any atom is 0.322 e. The molecule has 4 N–H and O–H groups in total. The number of pyridine rings is 1. The zero-order chi connectivity index (χ0) is 21.1. The number of urea groups is 1. The van der Waals surface area contributed by atoms with Gasteiger partial charge in [-0.15, -0.1) is 36.2 Å². The van der Waals surface area contributed by atoms with Gasteiger partial charge in [-0.2, -0.15) is 0 Å². The maximum absolute atomic E-state index is 12.6. The highest BCUT2D eigenvalue weighted by Gasteiger charge is 2.26. The van der Waals surface area contributed by atoms with E-state index in [0.29, 0.717) is 47.5 Å². The number of aromatic nitrogens is 2. The number of nitrogens with one attached hydrogen (secondary N) is 2. The average molecular weight is 497 g/mol. The predicted octanol–water partition coefficient (Wildman–Crippen LogP) is 3.82. The number of thiazole rings is 1. The lowest BCUT2D eigenvalue weighted by molar-refractivity contribution is 0.102. The van der Waals surface area contributed by atoms with Gasteiger partial charge in [-0.1, -0.05) is 12.1 Å². The molecule has 0 atom stereocenters. The minimum atomic E-state index is -0.312. The van der Waals surface area contributed by atoms with E-state index in [1.807, 2.05) is 0 Å². The summed E-state index contributed by atoms with van der Waals surface area (Å²) in [6.45, 7) is 0.905. The Labute approximate surface area is 201 Å². The number of benzene rings is 1. The average Bonchev–Trinajstić information content (AvgIpc) is 3.19. The molecule has 0 aliphatic carbocycles. The molecule has 0 spiro atoms. The number of fused-ring (bicyclic) bond motifs is 1. The van der Waals surface area contributed by atoms with Gasteiger partial charge in [-0.3, -0.25) is 4.79 Å². The number of nitrogens with two attached hydrogens (primary N) is 1. The summed E-state index contributed by atoms with van der Waals surface area (Å²) in [5.74, 6) is 0.163. The SMILES string of the molecule is COc1ccc(NC(=O)N2CCc3nc(C(=O)Nc4ccccc4N)sc3C2)cn1.Cl.Cl. The van der Waals surface area contributed by atoms with E-state index in [0.717, 1.165) is 10.6 Å². The molecule has 0 fully saturated rings. The molecule has 170 valence electrons. The van der Waals surface area contributed by atoms with Crippen molar-refractivity contribution in [3.8, 4) is 5.88 Å². The van der Waals surface area contributed by atoms with Crippen LogP contribution in [0.5, 0.6) is 5.88 Å². The monoisotopic (exact) mass is 496 g/mol. The van der Waals surface area contributed by atoms with E-state index >= 15 is 0 Å². The highest BCUT2D eigenvalue weighted by Crippen LogP contribution is 2.27. The van der Waals surface area contributed by atoms with Gasteiger partial charge in [0.15, 0.2) is 5.01 Å². The Hall–Kier alpha value is -3.08. The topological polar surface area (TPSA) is 122 Å². The first kappa shape index (κ1) is 25.2. The van der Waals surface area contributed by atoms with Crippen molar-refractivity contribution in [3.63, 3.8) is 0 Å². The Balaban J connectivity index is 0.00000181. The molecule has 0 unspecified atom stereocenters. The van der Waals surface area contributed by atoms with Crippen molar-refractivity contribution in [3.05, 3.63) is 58.2 Å². The molecular weight excluding hydrogens is 475 g/mol. The van der Waals surface area contributed by atoms with Crippen molar-refractivity contribution in [2.75, 3.05) is 30.0 Å². The van der Waals surface area contributed by atoms with Crippen molar-refractivity contribution in [2.24, 2.45) is 0 Å². The van der Waals surface area contributed by atoms with Crippen LogP contribution in [0.2, 0.25) is 0 Å². The number of halogens is 2. The molecule has 9 nitrogen and oxygen atoms in total. The van der Waals surface area contributed by atoms with E-state index in [4.69, 9.17) is 10.5 Å². The van der Waals surface area contributed by atoms with Gasteiger partial charge in [-0.25, -0.2) is 14.8 Å². The second-order valence-electron chi connectivity index (χ2n) is 6.62. The number of hydrogen-bond acceptors (Lipinski definition) is 7. The highest BCUT2D eigenvalue weighted by molar-refractivity contribution is 7.13. The van der Waals surface area contributed by atoms with Crippen LogP contribution in [0.4, 0.5) is 21.9 Å². The van der Waals surface area contributed by atoms with E-state index in [-0.39, 0.29) is 36.8 Å². The second-order valence-corrected chi connectivity index (χ2v) is 7.70. The third-order valence-corrected chi connectivity index (χ3v) is 5.70. The fourth-order valence-electron chi connectivity index (χ4n) is 3.03. The number of ether oxygens (including phenoxy) is 1. The van der Waals surface area contributed by atoms with Gasteiger partial charge in [-0.05, 0) is 18.2 Å². The zero-order valence-electron chi connectivity index (χ0n) is 17.0. The summed E-state index contributed by atoms with van der Waals surface area (Å²) in [5, 5.41) is 5.96. The largest absolute Gasteiger partial charge is 0.481 e. The van der Waals surface area contributed by atoms with Crippen LogP contribution < -0.4 is 21.1 Å². The third-order valence-electron chi connectivity index (χ3n) is 4.62. The zero-order valence-corrected chi connectivity index (χ0v) is 19.5. The lowest BCUT2D eigenvalue weighted by Gasteiger charge is -2.26. The molecule has 1 aromatic carbocycles. The van der Waals surface area contributed by atoms with Gasteiger partial charge in [0, 0.05) is 23.9 Å². The lowest BCUT2D eigenvalue weighted by atomic mass is 10.2. The number of carbonyl (C=O) groups excluding carboxylic acids is 2. The van der Waals surface area contributed by atoms with Gasteiger partial charge in [0.05, 0.1) is 42.6 Å². The quantitative estimate of drug-likeness (QED) is 0.471. The first-order chi connectivity index (χ1) is 14.5. The molecule has 1 aliphatic rings. The molecule has 0 radical (unpaired) electrons. The molecule has 12 heteroatoms. The first-order valence-electron chi connectivity index (χ1n) is 9.24. The Kier molecular flexibility index (Phi) is 8.64. The number of hydrogen-bond donors (Lipinski definition) is 3. The van der Waals surface area contributed by atoms with Crippen LogP contribution in [0, 0.1) is 0 Å². The molecule has 4 rings (SSSR count). The molecule has 0 saturated heterocycles. The molecule has 2 aromatic heterocycles. The Morgan fingerprint density at radius 3 is 2.62 bits per heavy atom. The number of nitrogens with zero attached hydrogens (tertiary/aromatic N) is 3. The molecular formula is C20H22Cl2N6O3S. The van der Waals surface area contributed by atoms with Gasteiger partial charge >= 0.3 is 6.03 Å². The molecule has 3 aromatic rings. The summed E-state index contributed by atoms with van der Waals surface area (Å²) in [6, 6.07) is 10.2. The number of nitrogen functional groups attached to an aromatic ring is 1. The van der Waals surface area contributed by atoms with Crippen molar-refractivity contribution in [2.45, 2.75) is 13.0 Å². The minimum absolute atomic E-state index is 0. The number of methoxy groups -OCH3 is 1. The normalized spacial score (nSPS) is 12.0. The van der Waals surface area contributed by atoms with E-state index < -0.39 is 0 Å². The van der Waals surface area contributed by atoms with Gasteiger partial charge in [0.1, 0.15) is 0 Å². The highest BCUT2D eigenvalue weighted by atomic mass is 35.5. The molecule has 32 heavy (non-hydrogen) atoms. The predicted molar refractivity (Wildman–Crippen MR) is 129 cm³/mol. The number of carbonyl (C=O) groups is 2. The fraction of sp³-hybridized carbons (Fsp3) is 0.200. The summed E-state index contributed by atoms with van der Waals surface area (Å²) < 4.78 is 5.02. The summed E-state index contributed by atoms with van der Waals surface area (Å²) in [5.41, 5.74) is 8.34. The van der Waals surface area contributed by atoms with Gasteiger partial charge in [0.25, 0.3) is 5.91 Å². The van der Waals surface area contributed by atoms with E-state index in [9.17, 15) is 9.59 Å². The van der Waals surface area contributed by atoms with Crippen LogP contribution in [0.25, 0.3) is 0 Å². The molecule has 0 saturated carbocycles. The van der Waals surface area contributed by atoms with Crippen LogP contribution in [-0.2, 0) is 13.0 Å². The molecule has 3 amide bonds. The fourth-order valence-corrected chi connectivity index (χ4v) is 4.05. The Morgan fingerprint density at radius 1 is 1.16 bits per heavy atom. The van der Waals surface area contributed by atoms with E-state index in [1.54, 1.807) is 41.3 Å². The van der Waals surface area contributed by atoms with Gasteiger partial charge < -0.3 is 26.0 Å². The first-order valence-corrected chi connectivity index (χ1v) is 10.1. The Bertz CT molecular complexity index is 1090. The van der Waals surface area contributed by atoms with Crippen LogP contribution in [0.3, 0.4) is 0 Å². The molecule has 0 bridgehead atoms. The van der Waals surface area contributed by atoms with Crippen molar-refractivity contribution >= 4 is 65.2 Å². The van der Waals surface area contributed by atoms with E-state index in [1.165, 1.54) is 24.6 Å². The number of amides is 3. The third kappa shape index (κ3) is 5.58. The summed E-state index contributed by atoms with van der Waals surface area (Å²) >= 11 is 1.29. The van der Waals surface area contributed by atoms with Crippen LogP contribution in [0.15, 0.2) is 42.6 Å². The smallest absolute Gasteiger partial charge is 0.322 e. The van der Waals surface area contributed by atoms with E-state index in [2.05, 4.69) is 20.6 Å². The summed E-state index contributed by atoms with van der Waals surface area (Å²) in [7, 11) is 1.53. The van der Waals surface area contributed by atoms with Gasteiger partial charge in [0.2, 0.25) is 5.88 Å². The summed E-state index contributed by atoms with van der Waals surface area (Å²) in [4.78, 5) is 36.3. The maximum atomic E-state index is 12.6. The second kappa shape index (κ2) is 11.0. The lowest BCUT2D eigenvalue weighted by Crippen LogP contribution is -2.38. The van der Waals surface area contributed by atoms with Crippen LogP contribution in [-0.4, -0.2) is 40.5 Å². The number of rotatable bonds is 4. The minimum Gasteiger partial charge on any atom is -0.481 e. The number of anilines is 3. The van der Waals surface area contributed by atoms with Crippen molar-refractivity contribution in [1.29, 1.82) is 0 Å². The number of para-hydroxylation sites is 2. The molecule has 3 heterocycles. The standard InChI is InChI=1S/C20H20N6O3S.2ClH/c1-29-17-7-6-12(10-22-17)23-20(28)26-9-8-15-16(11-26)30-19(25-15)18(27)24-14-5-3-2-4-13(14)21;;/h2-7,10H,8-9,11,21H2,1H3,(H,23,28)(H,24,27);2*1H. The van der Waals surface area contributed by atoms with Crippen LogP contribution >= 0.6 is 36.2 Å². The molecule has 1 aliphatic heterocycles. The summed E-state index contributed by atoms with van der Waals surface area (Å²) in [6.07, 6.45) is 2.12.